The van der Waals surface area contributed by atoms with Crippen LogP contribution in [0.25, 0.3) is 0 Å². The van der Waals surface area contributed by atoms with Crippen LogP contribution in [0.3, 0.4) is 0 Å². The summed E-state index contributed by atoms with van der Waals surface area (Å²) in [5, 5.41) is 5.49. The van der Waals surface area contributed by atoms with Crippen molar-refractivity contribution in [2.24, 2.45) is 0 Å². The van der Waals surface area contributed by atoms with Gasteiger partial charge in [-0.3, -0.25) is 9.59 Å². The number of alkyl carbamates (subject to hydrolysis) is 1. The first-order valence-electron chi connectivity index (χ1n) is 11.4. The van der Waals surface area contributed by atoms with E-state index in [-0.39, 0.29) is 18.2 Å². The smallest absolute Gasteiger partial charge is 0.408 e. The maximum Gasteiger partial charge on any atom is 0.408 e. The number of hydrogen-bond acceptors (Lipinski definition) is 5. The molecule has 0 saturated carbocycles. The molecule has 8 heteroatoms. The van der Waals surface area contributed by atoms with Crippen molar-refractivity contribution in [3.8, 4) is 12.3 Å². The number of benzene rings is 2. The molecule has 0 aliphatic heterocycles. The number of carbonyl (C=O) groups excluding carboxylic acids is 3. The van der Waals surface area contributed by atoms with E-state index < -0.39 is 29.7 Å². The van der Waals surface area contributed by atoms with Crippen molar-refractivity contribution in [1.82, 2.24) is 15.5 Å². The number of rotatable bonds is 9. The summed E-state index contributed by atoms with van der Waals surface area (Å²) in [6.45, 7) is 7.49. The van der Waals surface area contributed by atoms with Gasteiger partial charge in [-0.25, -0.2) is 4.79 Å². The normalized spacial score (nSPS) is 12.6. The van der Waals surface area contributed by atoms with Gasteiger partial charge in [-0.05, 0) is 51.0 Å². The number of ether oxygens (including phenoxy) is 1. The molecule has 7 nitrogen and oxygen atoms in total. The van der Waals surface area contributed by atoms with Crippen LogP contribution in [0, 0.1) is 12.3 Å². The summed E-state index contributed by atoms with van der Waals surface area (Å²) >= 11 is 4.26. The van der Waals surface area contributed by atoms with Crippen LogP contribution in [0.5, 0.6) is 0 Å². The maximum atomic E-state index is 13.5. The predicted molar refractivity (Wildman–Crippen MR) is 140 cm³/mol. The van der Waals surface area contributed by atoms with E-state index in [1.54, 1.807) is 52.0 Å². The highest BCUT2D eigenvalue weighted by Crippen LogP contribution is 2.23. The topological polar surface area (TPSA) is 87.7 Å². The minimum atomic E-state index is -0.984. The minimum Gasteiger partial charge on any atom is -0.444 e. The van der Waals surface area contributed by atoms with Crippen molar-refractivity contribution in [3.05, 3.63) is 71.3 Å². The molecule has 186 valence electrons. The molecule has 2 aromatic rings. The van der Waals surface area contributed by atoms with Gasteiger partial charge < -0.3 is 20.3 Å². The SMILES string of the molecule is C#Cc1ccc(C(C(=O)NCc2ccccc2)N(CC)C(=O)C(CS)NC(=O)OC(C)(C)C)cc1. The third-order valence-electron chi connectivity index (χ3n) is 5.06. The number of terminal acetylenes is 1. The lowest BCUT2D eigenvalue weighted by atomic mass is 10.0. The van der Waals surface area contributed by atoms with Gasteiger partial charge in [0.25, 0.3) is 0 Å². The number of likely N-dealkylation sites (N-methyl/N-ethyl adjacent to an activating group) is 1. The molecule has 2 aromatic carbocycles. The highest BCUT2D eigenvalue weighted by molar-refractivity contribution is 7.80. The molecular weight excluding hydrogens is 462 g/mol. The maximum absolute atomic E-state index is 13.5. The Bertz CT molecular complexity index is 1040. The number of carbonyl (C=O) groups is 3. The Kier molecular flexibility index (Phi) is 10.2. The highest BCUT2D eigenvalue weighted by atomic mass is 32.1. The molecule has 2 atom stereocenters. The monoisotopic (exact) mass is 495 g/mol. The minimum absolute atomic E-state index is 0.0307. The van der Waals surface area contributed by atoms with Crippen LogP contribution < -0.4 is 10.6 Å². The van der Waals surface area contributed by atoms with E-state index in [4.69, 9.17) is 11.2 Å². The first-order chi connectivity index (χ1) is 16.6. The molecular formula is C27H33N3O4S. The van der Waals surface area contributed by atoms with Crippen LogP contribution in [0.2, 0.25) is 0 Å². The molecule has 0 saturated heterocycles. The third kappa shape index (κ3) is 8.37. The standard InChI is InChI=1S/C27H33N3O4S/c1-6-19-13-15-21(16-14-19)23(24(31)28-17-20-11-9-8-10-12-20)30(7-2)25(32)22(18-35)29-26(33)34-27(3,4)5/h1,8-16,22-23,35H,7,17-18H2,2-5H3,(H,28,31)(H,29,33). The Morgan fingerprint density at radius 1 is 1.09 bits per heavy atom. The van der Waals surface area contributed by atoms with Crippen molar-refractivity contribution in [2.45, 2.75) is 51.9 Å². The van der Waals surface area contributed by atoms with Gasteiger partial charge in [0.2, 0.25) is 11.8 Å². The first-order valence-corrected chi connectivity index (χ1v) is 12.0. The van der Waals surface area contributed by atoms with Gasteiger partial charge in [-0.2, -0.15) is 12.6 Å². The van der Waals surface area contributed by atoms with Crippen LogP contribution in [0.15, 0.2) is 54.6 Å². The Morgan fingerprint density at radius 2 is 1.71 bits per heavy atom. The van der Waals surface area contributed by atoms with Gasteiger partial charge >= 0.3 is 6.09 Å². The third-order valence-corrected chi connectivity index (χ3v) is 5.42. The molecule has 0 heterocycles. The molecule has 2 N–H and O–H groups in total. The van der Waals surface area contributed by atoms with E-state index in [1.165, 1.54) is 4.90 Å². The zero-order valence-corrected chi connectivity index (χ0v) is 21.5. The van der Waals surface area contributed by atoms with Gasteiger partial charge in [0.1, 0.15) is 17.7 Å². The molecule has 0 aliphatic rings. The van der Waals surface area contributed by atoms with Crippen LogP contribution in [0.1, 0.15) is 50.4 Å². The Balaban J connectivity index is 2.33. The van der Waals surface area contributed by atoms with Gasteiger partial charge in [0.15, 0.2) is 0 Å². The fraction of sp³-hybridized carbons (Fsp3) is 0.370. The van der Waals surface area contributed by atoms with Gasteiger partial charge in [0.05, 0.1) is 0 Å². The fourth-order valence-corrected chi connectivity index (χ4v) is 3.66. The van der Waals surface area contributed by atoms with Crippen molar-refractivity contribution >= 4 is 30.5 Å². The quantitative estimate of drug-likeness (QED) is 0.366. The van der Waals surface area contributed by atoms with Crippen LogP contribution in [-0.2, 0) is 20.9 Å². The van der Waals surface area contributed by atoms with E-state index in [2.05, 4.69) is 29.2 Å². The molecule has 0 bridgehead atoms. The molecule has 0 aliphatic carbocycles. The van der Waals surface area contributed by atoms with Gasteiger partial charge in [-0.15, -0.1) is 6.42 Å². The molecule has 35 heavy (non-hydrogen) atoms. The fourth-order valence-electron chi connectivity index (χ4n) is 3.42. The first kappa shape index (κ1) is 27.8. The molecule has 0 fully saturated rings. The summed E-state index contributed by atoms with van der Waals surface area (Å²) in [6, 6.07) is 14.5. The summed E-state index contributed by atoms with van der Waals surface area (Å²) in [7, 11) is 0. The second-order valence-electron chi connectivity index (χ2n) is 8.88. The zero-order chi connectivity index (χ0) is 26.0. The van der Waals surface area contributed by atoms with E-state index >= 15 is 0 Å². The Labute approximate surface area is 213 Å². The predicted octanol–water partition coefficient (Wildman–Crippen LogP) is 3.70. The summed E-state index contributed by atoms with van der Waals surface area (Å²) < 4.78 is 5.29. The summed E-state index contributed by atoms with van der Waals surface area (Å²) in [6.07, 6.45) is 4.74. The lowest BCUT2D eigenvalue weighted by Crippen LogP contribution is -2.53. The molecule has 0 radical (unpaired) electrons. The second-order valence-corrected chi connectivity index (χ2v) is 9.24. The number of hydrogen-bond donors (Lipinski definition) is 3. The lowest BCUT2D eigenvalue weighted by molar-refractivity contribution is -0.141. The van der Waals surface area contributed by atoms with Crippen molar-refractivity contribution in [2.75, 3.05) is 12.3 Å². The number of thiol groups is 1. The Morgan fingerprint density at radius 3 is 2.23 bits per heavy atom. The summed E-state index contributed by atoms with van der Waals surface area (Å²) in [4.78, 5) is 40.7. The second kappa shape index (κ2) is 12.9. The number of nitrogens with one attached hydrogen (secondary N) is 2. The number of nitrogens with zero attached hydrogens (tertiary/aromatic N) is 1. The largest absolute Gasteiger partial charge is 0.444 e. The molecule has 3 amide bonds. The Hall–Kier alpha value is -3.44. The highest BCUT2D eigenvalue weighted by Gasteiger charge is 2.35. The number of amides is 3. The average molecular weight is 496 g/mol. The van der Waals surface area contributed by atoms with Gasteiger partial charge in [-0.1, -0.05) is 48.4 Å². The van der Waals surface area contributed by atoms with Crippen LogP contribution in [0.4, 0.5) is 4.79 Å². The van der Waals surface area contributed by atoms with Gasteiger partial charge in [0, 0.05) is 24.4 Å². The molecule has 2 rings (SSSR count). The van der Waals surface area contributed by atoms with E-state index in [9.17, 15) is 14.4 Å². The molecule has 0 spiro atoms. The van der Waals surface area contributed by atoms with E-state index in [0.717, 1.165) is 5.56 Å². The van der Waals surface area contributed by atoms with Crippen LogP contribution in [-0.4, -0.2) is 46.7 Å². The summed E-state index contributed by atoms with van der Waals surface area (Å²) in [5.41, 5.74) is 1.46. The van der Waals surface area contributed by atoms with Crippen molar-refractivity contribution in [3.63, 3.8) is 0 Å². The van der Waals surface area contributed by atoms with Crippen LogP contribution >= 0.6 is 12.6 Å². The van der Waals surface area contributed by atoms with E-state index in [1.807, 2.05) is 30.3 Å². The average Bonchev–Trinajstić information content (AvgIpc) is 2.83. The zero-order valence-electron chi connectivity index (χ0n) is 20.6. The van der Waals surface area contributed by atoms with E-state index in [0.29, 0.717) is 17.7 Å². The van der Waals surface area contributed by atoms with Crippen molar-refractivity contribution in [1.29, 1.82) is 0 Å². The summed E-state index contributed by atoms with van der Waals surface area (Å²) in [5.74, 6) is 1.78. The lowest BCUT2D eigenvalue weighted by Gasteiger charge is -2.33. The molecule has 0 aromatic heterocycles. The van der Waals surface area contributed by atoms with Crippen molar-refractivity contribution < 1.29 is 19.1 Å². The molecule has 2 unspecified atom stereocenters.